The van der Waals surface area contributed by atoms with Gasteiger partial charge in [-0.15, -0.1) is 0 Å². The molecule has 0 saturated heterocycles. The highest BCUT2D eigenvalue weighted by atomic mass is 35.5. The molecule has 0 heterocycles. The second-order valence-electron chi connectivity index (χ2n) is 6.11. The van der Waals surface area contributed by atoms with Gasteiger partial charge in [-0.3, -0.25) is 0 Å². The topological polar surface area (TPSA) is 21.3 Å². The highest BCUT2D eigenvalue weighted by Gasteiger charge is 2.00. The van der Waals surface area contributed by atoms with Crippen molar-refractivity contribution in [3.63, 3.8) is 0 Å². The SMILES string of the molecule is Cc1ccc(COc2ccc(CNCc3ccccc3Cl)cc2)cc1. The summed E-state index contributed by atoms with van der Waals surface area (Å²) in [6, 6.07) is 24.5. The van der Waals surface area contributed by atoms with Gasteiger partial charge in [0.15, 0.2) is 0 Å². The summed E-state index contributed by atoms with van der Waals surface area (Å²) in [7, 11) is 0. The van der Waals surface area contributed by atoms with Gasteiger partial charge in [0.2, 0.25) is 0 Å². The van der Waals surface area contributed by atoms with Crippen LogP contribution in [0.4, 0.5) is 0 Å². The van der Waals surface area contributed by atoms with Crippen LogP contribution in [-0.4, -0.2) is 0 Å². The summed E-state index contributed by atoms with van der Waals surface area (Å²) in [5.41, 5.74) is 4.77. The molecule has 25 heavy (non-hydrogen) atoms. The third-order valence-corrected chi connectivity index (χ3v) is 4.42. The van der Waals surface area contributed by atoms with Crippen LogP contribution in [0.1, 0.15) is 22.3 Å². The van der Waals surface area contributed by atoms with Crippen LogP contribution in [0.5, 0.6) is 5.75 Å². The van der Waals surface area contributed by atoms with Crippen molar-refractivity contribution in [1.29, 1.82) is 0 Å². The van der Waals surface area contributed by atoms with E-state index in [2.05, 4.69) is 48.6 Å². The first-order valence-electron chi connectivity index (χ1n) is 8.42. The molecule has 3 rings (SSSR count). The summed E-state index contributed by atoms with van der Waals surface area (Å²) in [6.45, 7) is 4.22. The Labute approximate surface area is 154 Å². The molecule has 0 unspecified atom stereocenters. The number of ether oxygens (including phenoxy) is 1. The minimum atomic E-state index is 0.588. The first kappa shape index (κ1) is 17.5. The van der Waals surface area contributed by atoms with Gasteiger partial charge in [0.25, 0.3) is 0 Å². The molecule has 2 nitrogen and oxygen atoms in total. The van der Waals surface area contributed by atoms with Crippen molar-refractivity contribution in [3.05, 3.63) is 100 Å². The highest BCUT2D eigenvalue weighted by molar-refractivity contribution is 6.31. The Kier molecular flexibility index (Phi) is 6.10. The fourth-order valence-electron chi connectivity index (χ4n) is 2.54. The lowest BCUT2D eigenvalue weighted by molar-refractivity contribution is 0.306. The minimum Gasteiger partial charge on any atom is -0.489 e. The molecule has 0 bridgehead atoms. The molecule has 1 N–H and O–H groups in total. The van der Waals surface area contributed by atoms with Crippen LogP contribution in [-0.2, 0) is 19.7 Å². The summed E-state index contributed by atoms with van der Waals surface area (Å²) in [5.74, 6) is 0.885. The van der Waals surface area contributed by atoms with Crippen LogP contribution < -0.4 is 10.1 Å². The van der Waals surface area contributed by atoms with Crippen LogP contribution >= 0.6 is 11.6 Å². The van der Waals surface area contributed by atoms with Crippen molar-refractivity contribution in [3.8, 4) is 5.75 Å². The van der Waals surface area contributed by atoms with Crippen molar-refractivity contribution in [1.82, 2.24) is 5.32 Å². The van der Waals surface area contributed by atoms with Crippen molar-refractivity contribution >= 4 is 11.6 Å². The van der Waals surface area contributed by atoms with Gasteiger partial charge >= 0.3 is 0 Å². The molecule has 0 aromatic heterocycles. The van der Waals surface area contributed by atoms with E-state index in [9.17, 15) is 0 Å². The quantitative estimate of drug-likeness (QED) is 0.605. The van der Waals surface area contributed by atoms with Gasteiger partial charge in [0.1, 0.15) is 12.4 Å². The van der Waals surface area contributed by atoms with E-state index in [0.717, 1.165) is 29.4 Å². The lowest BCUT2D eigenvalue weighted by Gasteiger charge is -2.09. The van der Waals surface area contributed by atoms with E-state index < -0.39 is 0 Å². The maximum atomic E-state index is 6.16. The Morgan fingerprint density at radius 3 is 2.20 bits per heavy atom. The maximum Gasteiger partial charge on any atom is 0.119 e. The van der Waals surface area contributed by atoms with Crippen LogP contribution in [0, 0.1) is 6.92 Å². The van der Waals surface area contributed by atoms with Gasteiger partial charge in [0, 0.05) is 18.1 Å². The number of rotatable bonds is 7. The Bertz CT molecular complexity index is 797. The van der Waals surface area contributed by atoms with E-state index in [4.69, 9.17) is 16.3 Å². The molecule has 0 aliphatic carbocycles. The molecule has 3 aromatic carbocycles. The second-order valence-corrected chi connectivity index (χ2v) is 6.52. The van der Waals surface area contributed by atoms with Crippen molar-refractivity contribution in [2.75, 3.05) is 0 Å². The molecule has 3 heteroatoms. The number of benzene rings is 3. The third-order valence-electron chi connectivity index (χ3n) is 4.05. The molecule has 128 valence electrons. The third kappa shape index (κ3) is 5.35. The predicted molar refractivity (Wildman–Crippen MR) is 104 cm³/mol. The first-order chi connectivity index (χ1) is 12.2. The predicted octanol–water partition coefficient (Wildman–Crippen LogP) is 5.52. The summed E-state index contributed by atoms with van der Waals surface area (Å²) in [4.78, 5) is 0. The van der Waals surface area contributed by atoms with E-state index in [0.29, 0.717) is 6.61 Å². The summed E-state index contributed by atoms with van der Waals surface area (Å²) in [6.07, 6.45) is 0. The number of hydrogen-bond donors (Lipinski definition) is 1. The monoisotopic (exact) mass is 351 g/mol. The van der Waals surface area contributed by atoms with Gasteiger partial charge in [-0.2, -0.15) is 0 Å². The molecule has 0 amide bonds. The second kappa shape index (κ2) is 8.70. The average molecular weight is 352 g/mol. The van der Waals surface area contributed by atoms with E-state index in [1.165, 1.54) is 16.7 Å². The highest BCUT2D eigenvalue weighted by Crippen LogP contribution is 2.16. The molecule has 0 radical (unpaired) electrons. The molecule has 0 spiro atoms. The Hall–Kier alpha value is -2.29. The minimum absolute atomic E-state index is 0.588. The molecule has 3 aromatic rings. The summed E-state index contributed by atoms with van der Waals surface area (Å²) in [5, 5.41) is 4.22. The molecular weight excluding hydrogens is 330 g/mol. The molecule has 0 atom stereocenters. The molecule has 0 aliphatic heterocycles. The fourth-order valence-corrected chi connectivity index (χ4v) is 2.74. The van der Waals surface area contributed by atoms with Crippen LogP contribution in [0.25, 0.3) is 0 Å². The van der Waals surface area contributed by atoms with E-state index >= 15 is 0 Å². The smallest absolute Gasteiger partial charge is 0.119 e. The normalized spacial score (nSPS) is 10.6. The number of nitrogens with one attached hydrogen (secondary N) is 1. The first-order valence-corrected chi connectivity index (χ1v) is 8.80. The standard InChI is InChI=1S/C22H22ClNO/c1-17-6-8-19(9-7-17)16-25-21-12-10-18(11-13-21)14-24-15-20-4-2-3-5-22(20)23/h2-13,24H,14-16H2,1H3. The van der Waals surface area contributed by atoms with Gasteiger partial charge in [0.05, 0.1) is 0 Å². The zero-order valence-corrected chi connectivity index (χ0v) is 15.1. The Morgan fingerprint density at radius 1 is 0.800 bits per heavy atom. The van der Waals surface area contributed by atoms with Gasteiger partial charge in [-0.25, -0.2) is 0 Å². The number of hydrogen-bond acceptors (Lipinski definition) is 2. The lowest BCUT2D eigenvalue weighted by atomic mass is 10.1. The van der Waals surface area contributed by atoms with Crippen LogP contribution in [0.2, 0.25) is 5.02 Å². The summed E-state index contributed by atoms with van der Waals surface area (Å²) < 4.78 is 5.84. The zero-order valence-electron chi connectivity index (χ0n) is 14.3. The van der Waals surface area contributed by atoms with Gasteiger partial charge in [-0.05, 0) is 41.8 Å². The van der Waals surface area contributed by atoms with Crippen molar-refractivity contribution < 1.29 is 4.74 Å². The van der Waals surface area contributed by atoms with Crippen LogP contribution in [0.15, 0.2) is 72.8 Å². The van der Waals surface area contributed by atoms with Crippen molar-refractivity contribution in [2.45, 2.75) is 26.6 Å². The van der Waals surface area contributed by atoms with Gasteiger partial charge < -0.3 is 10.1 Å². The largest absolute Gasteiger partial charge is 0.489 e. The fraction of sp³-hybridized carbons (Fsp3) is 0.182. The lowest BCUT2D eigenvalue weighted by Crippen LogP contribution is -2.12. The number of aryl methyl sites for hydroxylation is 1. The maximum absolute atomic E-state index is 6.16. The molecule has 0 saturated carbocycles. The van der Waals surface area contributed by atoms with Crippen LogP contribution in [0.3, 0.4) is 0 Å². The Morgan fingerprint density at radius 2 is 1.48 bits per heavy atom. The average Bonchev–Trinajstić information content (AvgIpc) is 2.64. The van der Waals surface area contributed by atoms with E-state index in [1.807, 2.05) is 36.4 Å². The summed E-state index contributed by atoms with van der Waals surface area (Å²) >= 11 is 6.16. The van der Waals surface area contributed by atoms with Gasteiger partial charge in [-0.1, -0.05) is 71.8 Å². The molecule has 0 aliphatic rings. The van der Waals surface area contributed by atoms with Crippen molar-refractivity contribution in [2.24, 2.45) is 0 Å². The molecular formula is C22H22ClNO. The molecule has 0 fully saturated rings. The number of halogens is 1. The van der Waals surface area contributed by atoms with E-state index in [-0.39, 0.29) is 0 Å². The zero-order chi connectivity index (χ0) is 17.5. The Balaban J connectivity index is 1.47. The van der Waals surface area contributed by atoms with E-state index in [1.54, 1.807) is 0 Å².